The molecule has 3 heteroatoms. The van der Waals surface area contributed by atoms with Crippen LogP contribution in [0.2, 0.25) is 0 Å². The molecule has 3 nitrogen and oxygen atoms in total. The lowest BCUT2D eigenvalue weighted by Crippen LogP contribution is -1.94. The number of ether oxygens (including phenoxy) is 1. The summed E-state index contributed by atoms with van der Waals surface area (Å²) in [6.45, 7) is 1.04. The van der Waals surface area contributed by atoms with Crippen LogP contribution in [0.15, 0.2) is 18.3 Å². The minimum atomic E-state index is 0.471. The van der Waals surface area contributed by atoms with Gasteiger partial charge in [0.15, 0.2) is 0 Å². The molecule has 0 aromatic carbocycles. The molecule has 1 aliphatic rings. The Hall–Kier alpha value is -1.09. The Morgan fingerprint density at radius 3 is 3.18 bits per heavy atom. The Kier molecular flexibility index (Phi) is 1.51. The topological polar surface area (TPSA) is 44.1 Å². The molecule has 2 heterocycles. The second-order valence-electron chi connectivity index (χ2n) is 2.56. The van der Waals surface area contributed by atoms with E-state index in [2.05, 4.69) is 10.3 Å². The van der Waals surface area contributed by atoms with E-state index < -0.39 is 0 Å². The van der Waals surface area contributed by atoms with Gasteiger partial charge in [0.25, 0.3) is 0 Å². The summed E-state index contributed by atoms with van der Waals surface area (Å²) in [5.41, 5.74) is 1.16. The number of pyridine rings is 1. The number of nitrogens with one attached hydrogen (secondary N) is 1. The van der Waals surface area contributed by atoms with Gasteiger partial charge in [0, 0.05) is 18.3 Å². The quantitative estimate of drug-likeness (QED) is 0.632. The summed E-state index contributed by atoms with van der Waals surface area (Å²) in [5, 5.41) is 3.21. The molecule has 11 heavy (non-hydrogen) atoms. The molecular formula is C8H10N2O. The molecule has 0 aliphatic carbocycles. The number of nitrogens with zero attached hydrogens (tertiary/aromatic N) is 1. The maximum Gasteiger partial charge on any atom is 0.217 e. The van der Waals surface area contributed by atoms with Crippen molar-refractivity contribution in [1.29, 1.82) is 0 Å². The van der Waals surface area contributed by atoms with E-state index in [1.807, 2.05) is 12.1 Å². The van der Waals surface area contributed by atoms with Crippen molar-refractivity contribution in [2.45, 2.75) is 6.04 Å². The molecule has 1 atom stereocenters. The molecule has 0 bridgehead atoms. The summed E-state index contributed by atoms with van der Waals surface area (Å²) >= 11 is 0. The summed E-state index contributed by atoms with van der Waals surface area (Å²) < 4.78 is 5.10. The highest BCUT2D eigenvalue weighted by molar-refractivity contribution is 5.32. The van der Waals surface area contributed by atoms with Gasteiger partial charge in [-0.05, 0) is 6.07 Å². The van der Waals surface area contributed by atoms with Crippen LogP contribution < -0.4 is 10.1 Å². The lowest BCUT2D eigenvalue weighted by molar-refractivity contribution is 0.392. The third-order valence-corrected chi connectivity index (χ3v) is 1.78. The Morgan fingerprint density at radius 1 is 1.73 bits per heavy atom. The van der Waals surface area contributed by atoms with E-state index in [1.54, 1.807) is 13.3 Å². The van der Waals surface area contributed by atoms with Gasteiger partial charge in [-0.25, -0.2) is 4.98 Å². The molecule has 0 unspecified atom stereocenters. The van der Waals surface area contributed by atoms with E-state index in [4.69, 9.17) is 4.74 Å². The van der Waals surface area contributed by atoms with E-state index in [1.165, 1.54) is 0 Å². The molecular weight excluding hydrogens is 140 g/mol. The van der Waals surface area contributed by atoms with E-state index in [9.17, 15) is 0 Å². The molecule has 2 rings (SSSR count). The number of aromatic nitrogens is 1. The van der Waals surface area contributed by atoms with Crippen LogP contribution in [0.1, 0.15) is 11.6 Å². The summed E-state index contributed by atoms with van der Waals surface area (Å²) in [4.78, 5) is 4.10. The molecule has 1 aromatic rings. The molecule has 1 aliphatic heterocycles. The predicted octanol–water partition coefficient (Wildman–Crippen LogP) is 0.734. The standard InChI is InChI=1S/C8H10N2O/c1-11-8-6(7-5-10-7)3-2-4-9-8/h2-4,7,10H,5H2,1H3/t7-/m0/s1. The molecule has 0 amide bonds. The zero-order valence-electron chi connectivity index (χ0n) is 6.37. The molecule has 58 valence electrons. The minimum absolute atomic E-state index is 0.471. The lowest BCUT2D eigenvalue weighted by Gasteiger charge is -2.02. The van der Waals surface area contributed by atoms with E-state index in [0.717, 1.165) is 18.0 Å². The van der Waals surface area contributed by atoms with Gasteiger partial charge >= 0.3 is 0 Å². The first-order valence-corrected chi connectivity index (χ1v) is 3.64. The average molecular weight is 150 g/mol. The van der Waals surface area contributed by atoms with Crippen molar-refractivity contribution in [3.8, 4) is 5.88 Å². The van der Waals surface area contributed by atoms with Gasteiger partial charge in [-0.15, -0.1) is 0 Å². The van der Waals surface area contributed by atoms with Gasteiger partial charge < -0.3 is 10.1 Å². The van der Waals surface area contributed by atoms with Crippen LogP contribution in [-0.4, -0.2) is 18.6 Å². The van der Waals surface area contributed by atoms with Crippen molar-refractivity contribution in [3.63, 3.8) is 0 Å². The van der Waals surface area contributed by atoms with Crippen molar-refractivity contribution >= 4 is 0 Å². The van der Waals surface area contributed by atoms with Gasteiger partial charge in [0.2, 0.25) is 5.88 Å². The molecule has 0 saturated carbocycles. The SMILES string of the molecule is COc1ncccc1[C@@H]1CN1. The highest BCUT2D eigenvalue weighted by atomic mass is 16.5. The van der Waals surface area contributed by atoms with Gasteiger partial charge in [-0.3, -0.25) is 0 Å². The molecule has 0 radical (unpaired) electrons. The largest absolute Gasteiger partial charge is 0.481 e. The second-order valence-corrected chi connectivity index (χ2v) is 2.56. The fourth-order valence-corrected chi connectivity index (χ4v) is 1.12. The summed E-state index contributed by atoms with van der Waals surface area (Å²) in [7, 11) is 1.65. The van der Waals surface area contributed by atoms with Crippen molar-refractivity contribution in [2.24, 2.45) is 0 Å². The first kappa shape index (κ1) is 6.61. The van der Waals surface area contributed by atoms with Crippen LogP contribution in [0.5, 0.6) is 5.88 Å². The first-order chi connectivity index (χ1) is 5.42. The molecule has 1 saturated heterocycles. The number of hydrogen-bond acceptors (Lipinski definition) is 3. The fraction of sp³-hybridized carbons (Fsp3) is 0.375. The second kappa shape index (κ2) is 2.51. The minimum Gasteiger partial charge on any atom is -0.481 e. The van der Waals surface area contributed by atoms with Crippen molar-refractivity contribution in [1.82, 2.24) is 10.3 Å². The van der Waals surface area contributed by atoms with Crippen molar-refractivity contribution < 1.29 is 4.74 Å². The van der Waals surface area contributed by atoms with Crippen LogP contribution in [0.3, 0.4) is 0 Å². The highest BCUT2D eigenvalue weighted by Crippen LogP contribution is 2.27. The highest BCUT2D eigenvalue weighted by Gasteiger charge is 2.25. The van der Waals surface area contributed by atoms with Gasteiger partial charge in [0.1, 0.15) is 0 Å². The Labute approximate surface area is 65.4 Å². The normalized spacial score (nSPS) is 21.4. The zero-order valence-corrected chi connectivity index (χ0v) is 6.37. The average Bonchev–Trinajstić information content (AvgIpc) is 2.87. The molecule has 1 fully saturated rings. The predicted molar refractivity (Wildman–Crippen MR) is 41.5 cm³/mol. The van der Waals surface area contributed by atoms with Gasteiger partial charge in [-0.1, -0.05) is 6.07 Å². The summed E-state index contributed by atoms with van der Waals surface area (Å²) in [6.07, 6.45) is 1.74. The Balaban J connectivity index is 2.34. The lowest BCUT2D eigenvalue weighted by atomic mass is 10.2. The van der Waals surface area contributed by atoms with Gasteiger partial charge in [-0.2, -0.15) is 0 Å². The Morgan fingerprint density at radius 2 is 2.55 bits per heavy atom. The number of hydrogen-bond donors (Lipinski definition) is 1. The van der Waals surface area contributed by atoms with Crippen LogP contribution >= 0.6 is 0 Å². The van der Waals surface area contributed by atoms with Crippen LogP contribution in [0.4, 0.5) is 0 Å². The number of rotatable bonds is 2. The third-order valence-electron chi connectivity index (χ3n) is 1.78. The maximum absolute atomic E-state index is 5.10. The summed E-state index contributed by atoms with van der Waals surface area (Å²) in [6, 6.07) is 4.44. The van der Waals surface area contributed by atoms with Crippen molar-refractivity contribution in [2.75, 3.05) is 13.7 Å². The number of methoxy groups -OCH3 is 1. The van der Waals surface area contributed by atoms with Crippen LogP contribution in [0.25, 0.3) is 0 Å². The zero-order chi connectivity index (χ0) is 7.68. The monoisotopic (exact) mass is 150 g/mol. The summed E-state index contributed by atoms with van der Waals surface area (Å²) in [5.74, 6) is 0.738. The van der Waals surface area contributed by atoms with E-state index >= 15 is 0 Å². The van der Waals surface area contributed by atoms with Crippen molar-refractivity contribution in [3.05, 3.63) is 23.9 Å². The maximum atomic E-state index is 5.10. The van der Waals surface area contributed by atoms with Crippen LogP contribution in [0, 0.1) is 0 Å². The first-order valence-electron chi connectivity index (χ1n) is 3.64. The van der Waals surface area contributed by atoms with Crippen LogP contribution in [-0.2, 0) is 0 Å². The van der Waals surface area contributed by atoms with E-state index in [-0.39, 0.29) is 0 Å². The molecule has 1 aromatic heterocycles. The molecule has 1 N–H and O–H groups in total. The fourth-order valence-electron chi connectivity index (χ4n) is 1.12. The molecule has 0 spiro atoms. The smallest absolute Gasteiger partial charge is 0.217 e. The Bertz CT molecular complexity index is 258. The third kappa shape index (κ3) is 1.19. The van der Waals surface area contributed by atoms with Gasteiger partial charge in [0.05, 0.1) is 13.2 Å². The van der Waals surface area contributed by atoms with E-state index in [0.29, 0.717) is 6.04 Å².